The Morgan fingerprint density at radius 2 is 2.05 bits per heavy atom. The van der Waals surface area contributed by atoms with Gasteiger partial charge in [-0.05, 0) is 12.1 Å². The molecule has 3 rings (SSSR count). The van der Waals surface area contributed by atoms with Gasteiger partial charge in [0.05, 0.1) is 19.8 Å². The molecule has 0 spiro atoms. The van der Waals surface area contributed by atoms with E-state index in [4.69, 9.17) is 9.47 Å². The van der Waals surface area contributed by atoms with Crippen molar-refractivity contribution in [2.75, 3.05) is 19.8 Å². The summed E-state index contributed by atoms with van der Waals surface area (Å²) in [6.45, 7) is 1.43. The molecule has 6 nitrogen and oxygen atoms in total. The van der Waals surface area contributed by atoms with Crippen LogP contribution in [0, 0.1) is 0 Å². The summed E-state index contributed by atoms with van der Waals surface area (Å²) < 4.78 is 12.9. The normalized spacial score (nSPS) is 19.5. The minimum atomic E-state index is -0.248. The van der Waals surface area contributed by atoms with Crippen LogP contribution in [0.3, 0.4) is 0 Å². The summed E-state index contributed by atoms with van der Waals surface area (Å²) in [5, 5.41) is 17.5. The first kappa shape index (κ1) is 12.3. The summed E-state index contributed by atoms with van der Waals surface area (Å²) in [6, 6.07) is 9.68. The lowest BCUT2D eigenvalue weighted by Crippen LogP contribution is -2.24. The molecular weight excluding hydrogens is 246 g/mol. The zero-order valence-corrected chi connectivity index (χ0v) is 10.4. The first-order valence-corrected chi connectivity index (χ1v) is 6.20. The molecule has 1 aliphatic rings. The van der Waals surface area contributed by atoms with Gasteiger partial charge >= 0.3 is 0 Å². The van der Waals surface area contributed by atoms with Crippen LogP contribution in [-0.4, -0.2) is 39.7 Å². The fourth-order valence-electron chi connectivity index (χ4n) is 2.14. The molecule has 1 fully saturated rings. The van der Waals surface area contributed by atoms with Gasteiger partial charge < -0.3 is 14.6 Å². The van der Waals surface area contributed by atoms with Gasteiger partial charge in [0.15, 0.2) is 11.6 Å². The minimum absolute atomic E-state index is 0.171. The van der Waals surface area contributed by atoms with Gasteiger partial charge in [-0.25, -0.2) is 0 Å². The number of aromatic nitrogens is 3. The molecule has 2 heterocycles. The van der Waals surface area contributed by atoms with Crippen molar-refractivity contribution in [2.45, 2.75) is 12.7 Å². The van der Waals surface area contributed by atoms with Crippen molar-refractivity contribution in [2.24, 2.45) is 0 Å². The number of aliphatic hydroxyl groups is 1. The molecule has 1 aromatic carbocycles. The molecule has 0 amide bonds. The molecule has 0 bridgehead atoms. The van der Waals surface area contributed by atoms with Crippen molar-refractivity contribution in [3.63, 3.8) is 0 Å². The van der Waals surface area contributed by atoms with Crippen molar-refractivity contribution in [1.29, 1.82) is 0 Å². The minimum Gasteiger partial charge on any atom is -0.388 e. The van der Waals surface area contributed by atoms with E-state index in [2.05, 4.69) is 10.2 Å². The van der Waals surface area contributed by atoms with Crippen molar-refractivity contribution < 1.29 is 14.6 Å². The zero-order chi connectivity index (χ0) is 13.1. The molecule has 100 valence electrons. The Morgan fingerprint density at radius 3 is 2.74 bits per heavy atom. The molecule has 19 heavy (non-hydrogen) atoms. The van der Waals surface area contributed by atoms with Crippen LogP contribution in [0.2, 0.25) is 0 Å². The van der Waals surface area contributed by atoms with E-state index < -0.39 is 0 Å². The van der Waals surface area contributed by atoms with E-state index in [1.807, 2.05) is 34.9 Å². The smallest absolute Gasteiger partial charge is 0.169 e. The molecule has 1 atom stereocenters. The van der Waals surface area contributed by atoms with Crippen LogP contribution >= 0.6 is 0 Å². The van der Waals surface area contributed by atoms with Gasteiger partial charge in [0.1, 0.15) is 12.7 Å². The summed E-state index contributed by atoms with van der Waals surface area (Å²) in [4.78, 5) is 0. The van der Waals surface area contributed by atoms with Gasteiger partial charge in [-0.15, -0.1) is 10.2 Å². The molecule has 1 aromatic heterocycles. The molecule has 6 heteroatoms. The second kappa shape index (κ2) is 5.48. The number of hydrogen-bond donors (Lipinski definition) is 1. The third-order valence-corrected chi connectivity index (χ3v) is 3.01. The number of benzene rings is 1. The van der Waals surface area contributed by atoms with Crippen LogP contribution in [0.1, 0.15) is 17.8 Å². The number of aliphatic hydroxyl groups excluding tert-OH is 1. The second-order valence-electron chi connectivity index (χ2n) is 4.24. The average Bonchev–Trinajstić information content (AvgIpc) is 2.93. The van der Waals surface area contributed by atoms with E-state index in [9.17, 15) is 5.11 Å². The Bertz CT molecular complexity index is 535. The largest absolute Gasteiger partial charge is 0.388 e. The van der Waals surface area contributed by atoms with Gasteiger partial charge in [0.25, 0.3) is 0 Å². The van der Waals surface area contributed by atoms with E-state index in [1.165, 1.54) is 0 Å². The van der Waals surface area contributed by atoms with Crippen molar-refractivity contribution >= 4 is 0 Å². The van der Waals surface area contributed by atoms with Crippen LogP contribution in [-0.2, 0) is 16.1 Å². The molecule has 1 aliphatic heterocycles. The van der Waals surface area contributed by atoms with Gasteiger partial charge in [-0.1, -0.05) is 18.2 Å². The zero-order valence-electron chi connectivity index (χ0n) is 10.4. The van der Waals surface area contributed by atoms with Crippen LogP contribution in [0.25, 0.3) is 5.69 Å². The van der Waals surface area contributed by atoms with Crippen LogP contribution in [0.4, 0.5) is 0 Å². The van der Waals surface area contributed by atoms with Crippen molar-refractivity contribution in [1.82, 2.24) is 14.8 Å². The van der Waals surface area contributed by atoms with Gasteiger partial charge in [0, 0.05) is 5.69 Å². The topological polar surface area (TPSA) is 69.4 Å². The SMILES string of the molecule is OCc1nnc(C2COCCO2)n1-c1ccccc1. The summed E-state index contributed by atoms with van der Waals surface area (Å²) in [6.07, 6.45) is -0.248. The number of ether oxygens (including phenoxy) is 2. The highest BCUT2D eigenvalue weighted by molar-refractivity contribution is 5.34. The summed E-state index contributed by atoms with van der Waals surface area (Å²) in [5.74, 6) is 1.16. The van der Waals surface area contributed by atoms with Crippen LogP contribution in [0.15, 0.2) is 30.3 Å². The van der Waals surface area contributed by atoms with Gasteiger partial charge in [-0.3, -0.25) is 4.57 Å². The Hall–Kier alpha value is -1.76. The summed E-state index contributed by atoms with van der Waals surface area (Å²) in [7, 11) is 0. The highest BCUT2D eigenvalue weighted by Crippen LogP contribution is 2.23. The summed E-state index contributed by atoms with van der Waals surface area (Å²) in [5.41, 5.74) is 0.903. The second-order valence-corrected chi connectivity index (χ2v) is 4.24. The lowest BCUT2D eigenvalue weighted by molar-refractivity contribution is -0.0942. The average molecular weight is 261 g/mol. The van der Waals surface area contributed by atoms with Crippen LogP contribution in [0.5, 0.6) is 0 Å². The van der Waals surface area contributed by atoms with E-state index in [1.54, 1.807) is 0 Å². The fourth-order valence-corrected chi connectivity index (χ4v) is 2.14. The third kappa shape index (κ3) is 2.37. The highest BCUT2D eigenvalue weighted by atomic mass is 16.6. The van der Waals surface area contributed by atoms with Gasteiger partial charge in [0.2, 0.25) is 0 Å². The predicted molar refractivity (Wildman–Crippen MR) is 66.8 cm³/mol. The maximum atomic E-state index is 9.40. The molecule has 1 saturated heterocycles. The van der Waals surface area contributed by atoms with E-state index in [0.717, 1.165) is 5.69 Å². The van der Waals surface area contributed by atoms with Crippen molar-refractivity contribution in [3.8, 4) is 5.69 Å². The van der Waals surface area contributed by atoms with E-state index in [0.29, 0.717) is 31.5 Å². The predicted octanol–water partition coefficient (Wildman–Crippen LogP) is 0.847. The first-order chi connectivity index (χ1) is 9.40. The number of nitrogens with zero attached hydrogens (tertiary/aromatic N) is 3. The Kier molecular flexibility index (Phi) is 3.54. The Labute approximate surface area is 110 Å². The molecule has 0 saturated carbocycles. The van der Waals surface area contributed by atoms with Crippen LogP contribution < -0.4 is 0 Å². The molecule has 2 aromatic rings. The monoisotopic (exact) mass is 261 g/mol. The van der Waals surface area contributed by atoms with Crippen molar-refractivity contribution in [3.05, 3.63) is 42.0 Å². The van der Waals surface area contributed by atoms with E-state index >= 15 is 0 Å². The molecule has 1 N–H and O–H groups in total. The molecule has 1 unspecified atom stereocenters. The molecule has 0 aliphatic carbocycles. The number of rotatable bonds is 3. The lowest BCUT2D eigenvalue weighted by Gasteiger charge is -2.23. The lowest BCUT2D eigenvalue weighted by atomic mass is 10.2. The summed E-state index contributed by atoms with van der Waals surface area (Å²) >= 11 is 0. The number of hydrogen-bond acceptors (Lipinski definition) is 5. The maximum absolute atomic E-state index is 9.40. The van der Waals surface area contributed by atoms with Gasteiger partial charge in [-0.2, -0.15) is 0 Å². The van der Waals surface area contributed by atoms with E-state index in [-0.39, 0.29) is 12.7 Å². The highest BCUT2D eigenvalue weighted by Gasteiger charge is 2.25. The molecular formula is C13H15N3O3. The standard InChI is InChI=1S/C13H15N3O3/c17-8-12-14-15-13(11-9-18-6-7-19-11)16(12)10-4-2-1-3-5-10/h1-5,11,17H,6-9H2. The Morgan fingerprint density at radius 1 is 1.21 bits per heavy atom. The first-order valence-electron chi connectivity index (χ1n) is 6.20. The molecule has 0 radical (unpaired) electrons. The Balaban J connectivity index is 2.03. The maximum Gasteiger partial charge on any atom is 0.169 e. The number of para-hydroxylation sites is 1. The third-order valence-electron chi connectivity index (χ3n) is 3.01. The fraction of sp³-hybridized carbons (Fsp3) is 0.385. The quantitative estimate of drug-likeness (QED) is 0.887.